The van der Waals surface area contributed by atoms with Gasteiger partial charge in [0.25, 0.3) is 0 Å². The fourth-order valence-corrected chi connectivity index (χ4v) is 7.33. The van der Waals surface area contributed by atoms with Crippen molar-refractivity contribution >= 4 is 29.1 Å². The number of anilines is 2. The van der Waals surface area contributed by atoms with E-state index in [-0.39, 0.29) is 17.7 Å². The molecule has 1 aliphatic carbocycles. The molecule has 0 unspecified atom stereocenters. The highest BCUT2D eigenvalue weighted by Gasteiger charge is 2.76. The van der Waals surface area contributed by atoms with Gasteiger partial charge in [0.05, 0.1) is 17.4 Å². The Morgan fingerprint density at radius 3 is 2.25 bits per heavy atom. The number of nitrogens with zero attached hydrogens (tertiary/aromatic N) is 1. The van der Waals surface area contributed by atoms with Gasteiger partial charge in [0.15, 0.2) is 0 Å². The zero-order valence-electron chi connectivity index (χ0n) is 23.8. The molecule has 2 aromatic carbocycles. The van der Waals surface area contributed by atoms with Crippen LogP contribution in [0.25, 0.3) is 0 Å². The molecule has 210 valence electrons. The van der Waals surface area contributed by atoms with Crippen LogP contribution >= 0.6 is 0 Å². The summed E-state index contributed by atoms with van der Waals surface area (Å²) in [5.41, 5.74) is -0.193. The number of para-hydroxylation sites is 1. The largest absolute Gasteiger partial charge is 0.356 e. The van der Waals surface area contributed by atoms with Crippen molar-refractivity contribution in [1.29, 1.82) is 0 Å². The quantitative estimate of drug-likeness (QED) is 0.501. The maximum Gasteiger partial charge on any atom is 0.246 e. The molecule has 2 N–H and O–H groups in total. The van der Waals surface area contributed by atoms with Crippen LogP contribution < -0.4 is 15.5 Å². The van der Waals surface area contributed by atoms with Gasteiger partial charge in [-0.2, -0.15) is 0 Å². The minimum atomic E-state index is -1.25. The topological polar surface area (TPSA) is 87.7 Å². The molecule has 3 aliphatic heterocycles. The van der Waals surface area contributed by atoms with E-state index in [0.717, 1.165) is 0 Å². The predicted octanol–water partition coefficient (Wildman–Crippen LogP) is 5.33. The predicted molar refractivity (Wildman–Crippen MR) is 155 cm³/mol. The van der Waals surface area contributed by atoms with Crippen molar-refractivity contribution in [3.05, 3.63) is 72.3 Å². The third-order valence-corrected chi connectivity index (χ3v) is 9.02. The van der Waals surface area contributed by atoms with E-state index in [4.69, 9.17) is 4.74 Å². The van der Waals surface area contributed by atoms with Gasteiger partial charge >= 0.3 is 0 Å². The SMILES string of the molecule is CC(C)(C)NC(=O)[C@@H]1N(c2ccc(C3CCCCC3)cc2)C(=O)[C@@H]2[C@@H](C(=O)Nc3ccccc3)[C@@]3(C)C=C[C@]21O3. The Balaban J connectivity index is 1.38. The summed E-state index contributed by atoms with van der Waals surface area (Å²) in [4.78, 5) is 43.7. The van der Waals surface area contributed by atoms with E-state index in [2.05, 4.69) is 22.8 Å². The van der Waals surface area contributed by atoms with E-state index in [1.165, 1.54) is 37.7 Å². The molecule has 7 heteroatoms. The zero-order chi connectivity index (χ0) is 28.3. The van der Waals surface area contributed by atoms with Gasteiger partial charge < -0.3 is 15.4 Å². The summed E-state index contributed by atoms with van der Waals surface area (Å²) in [7, 11) is 0. The van der Waals surface area contributed by atoms with Crippen LogP contribution in [0.15, 0.2) is 66.7 Å². The van der Waals surface area contributed by atoms with Crippen molar-refractivity contribution in [3.63, 3.8) is 0 Å². The average Bonchev–Trinajstić information content (AvgIpc) is 3.49. The van der Waals surface area contributed by atoms with Crippen LogP contribution in [0.3, 0.4) is 0 Å². The van der Waals surface area contributed by atoms with E-state index in [1.807, 2.05) is 82.3 Å². The van der Waals surface area contributed by atoms with Gasteiger partial charge in [-0.25, -0.2) is 0 Å². The van der Waals surface area contributed by atoms with Gasteiger partial charge in [0.2, 0.25) is 17.7 Å². The molecular weight excluding hydrogens is 502 g/mol. The van der Waals surface area contributed by atoms with Crippen LogP contribution in [0.2, 0.25) is 0 Å². The summed E-state index contributed by atoms with van der Waals surface area (Å²) < 4.78 is 6.64. The fraction of sp³-hybridized carbons (Fsp3) is 0.485. The van der Waals surface area contributed by atoms with Crippen molar-refractivity contribution in [2.45, 2.75) is 88.5 Å². The summed E-state index contributed by atoms with van der Waals surface area (Å²) in [6.45, 7) is 7.59. The molecular formula is C33H39N3O4. The Labute approximate surface area is 236 Å². The highest BCUT2D eigenvalue weighted by atomic mass is 16.5. The van der Waals surface area contributed by atoms with Crippen molar-refractivity contribution in [3.8, 4) is 0 Å². The fourth-order valence-electron chi connectivity index (χ4n) is 7.33. The van der Waals surface area contributed by atoms with E-state index in [1.54, 1.807) is 4.90 Å². The number of hydrogen-bond acceptors (Lipinski definition) is 4. The van der Waals surface area contributed by atoms with Gasteiger partial charge in [-0.1, -0.05) is 61.7 Å². The first-order valence-electron chi connectivity index (χ1n) is 14.5. The first kappa shape index (κ1) is 26.8. The average molecular weight is 542 g/mol. The van der Waals surface area contributed by atoms with Crippen LogP contribution in [0, 0.1) is 11.8 Å². The zero-order valence-corrected chi connectivity index (χ0v) is 23.8. The summed E-state index contributed by atoms with van der Waals surface area (Å²) in [5, 5.41) is 6.06. The number of nitrogens with one attached hydrogen (secondary N) is 2. The summed E-state index contributed by atoms with van der Waals surface area (Å²) in [6, 6.07) is 16.4. The maximum absolute atomic E-state index is 14.4. The lowest BCUT2D eigenvalue weighted by atomic mass is 9.70. The number of benzene rings is 2. The normalized spacial score (nSPS) is 31.4. The molecule has 4 aliphatic rings. The summed E-state index contributed by atoms with van der Waals surface area (Å²) >= 11 is 0. The first-order chi connectivity index (χ1) is 19.0. The highest BCUT2D eigenvalue weighted by Crippen LogP contribution is 2.60. The molecule has 2 aromatic rings. The van der Waals surface area contributed by atoms with Crippen LogP contribution in [-0.2, 0) is 19.1 Å². The second kappa shape index (κ2) is 9.58. The molecule has 0 radical (unpaired) electrons. The second-order valence-corrected chi connectivity index (χ2v) is 13.1. The van der Waals surface area contributed by atoms with Gasteiger partial charge in [-0.05, 0) is 76.3 Å². The standard InChI is InChI=1S/C33H39N3O4/c1-31(2,3)35-29(38)27-33-20-19-32(4,40-33)25(28(37)34-23-13-9-6-10-14-23)26(33)30(39)36(27)24-17-15-22(16-18-24)21-11-7-5-8-12-21/h6,9-10,13-21,25-27H,5,7-8,11-12H2,1-4H3,(H,34,37)(H,35,38)/t25-,26-,27-,32+,33-/m0/s1. The van der Waals surface area contributed by atoms with Gasteiger partial charge in [-0.15, -0.1) is 0 Å². The lowest BCUT2D eigenvalue weighted by Crippen LogP contribution is -2.58. The van der Waals surface area contributed by atoms with E-state index in [9.17, 15) is 14.4 Å². The van der Waals surface area contributed by atoms with Crippen LogP contribution in [-0.4, -0.2) is 40.5 Å². The third-order valence-electron chi connectivity index (χ3n) is 9.02. The number of fused-ring (bicyclic) bond motifs is 1. The summed E-state index contributed by atoms with van der Waals surface area (Å²) in [5.74, 6) is -1.94. The molecule has 3 amide bonds. The number of hydrogen-bond donors (Lipinski definition) is 2. The number of carbonyl (C=O) groups is 3. The maximum atomic E-state index is 14.4. The molecule has 0 aromatic heterocycles. The van der Waals surface area contributed by atoms with Gasteiger partial charge in [-0.3, -0.25) is 19.3 Å². The van der Waals surface area contributed by atoms with Crippen LogP contribution in [0.1, 0.15) is 71.3 Å². The molecule has 1 saturated carbocycles. The van der Waals surface area contributed by atoms with Crippen LogP contribution in [0.5, 0.6) is 0 Å². The molecule has 1 spiro atoms. The number of rotatable bonds is 5. The Morgan fingerprint density at radius 2 is 1.60 bits per heavy atom. The molecule has 2 bridgehead atoms. The van der Waals surface area contributed by atoms with Crippen molar-refractivity contribution in [2.75, 3.05) is 10.2 Å². The number of carbonyl (C=O) groups excluding carboxylic acids is 3. The lowest BCUT2D eigenvalue weighted by Gasteiger charge is -2.35. The molecule has 2 saturated heterocycles. The van der Waals surface area contributed by atoms with Crippen molar-refractivity contribution in [2.24, 2.45) is 11.8 Å². The Kier molecular flexibility index (Phi) is 6.41. The Bertz CT molecular complexity index is 1340. The number of ether oxygens (including phenoxy) is 1. The second-order valence-electron chi connectivity index (χ2n) is 13.1. The smallest absolute Gasteiger partial charge is 0.246 e. The highest BCUT2D eigenvalue weighted by molar-refractivity contribution is 6.11. The van der Waals surface area contributed by atoms with Gasteiger partial charge in [0, 0.05) is 16.9 Å². The third kappa shape index (κ3) is 4.35. The first-order valence-corrected chi connectivity index (χ1v) is 14.5. The minimum Gasteiger partial charge on any atom is -0.356 e. The van der Waals surface area contributed by atoms with E-state index >= 15 is 0 Å². The summed E-state index contributed by atoms with van der Waals surface area (Å²) in [6.07, 6.45) is 9.84. The lowest BCUT2D eigenvalue weighted by molar-refractivity contribution is -0.131. The van der Waals surface area contributed by atoms with Gasteiger partial charge in [0.1, 0.15) is 11.6 Å². The minimum absolute atomic E-state index is 0.263. The molecule has 7 nitrogen and oxygen atoms in total. The molecule has 40 heavy (non-hydrogen) atoms. The van der Waals surface area contributed by atoms with Crippen molar-refractivity contribution < 1.29 is 19.1 Å². The Hall–Kier alpha value is -3.45. The van der Waals surface area contributed by atoms with Crippen molar-refractivity contribution in [1.82, 2.24) is 5.32 Å². The molecule has 3 heterocycles. The number of amides is 3. The monoisotopic (exact) mass is 541 g/mol. The molecule has 5 atom stereocenters. The van der Waals surface area contributed by atoms with Crippen LogP contribution in [0.4, 0.5) is 11.4 Å². The van der Waals surface area contributed by atoms with E-state index in [0.29, 0.717) is 17.3 Å². The Morgan fingerprint density at radius 1 is 0.925 bits per heavy atom. The van der Waals surface area contributed by atoms with E-state index < -0.39 is 34.6 Å². The molecule has 3 fully saturated rings. The molecule has 6 rings (SSSR count).